The first-order valence-electron chi connectivity index (χ1n) is 7.91. The summed E-state index contributed by atoms with van der Waals surface area (Å²) in [5, 5.41) is 2.83. The van der Waals surface area contributed by atoms with Crippen molar-refractivity contribution in [1.82, 2.24) is 10.2 Å². The van der Waals surface area contributed by atoms with Crippen molar-refractivity contribution in [2.24, 2.45) is 0 Å². The summed E-state index contributed by atoms with van der Waals surface area (Å²) in [4.78, 5) is 13.7. The molecular weight excluding hydrogens is 329 g/mol. The van der Waals surface area contributed by atoms with E-state index >= 15 is 0 Å². The number of hydrogen-bond acceptors (Lipinski definition) is 2. The van der Waals surface area contributed by atoms with Crippen molar-refractivity contribution in [2.75, 3.05) is 13.6 Å². The SMILES string of the molecule is Cc1ccc(CNC(=O)CN(C)Cc2ccc(C(F)(F)F)cc2)cc1. The summed E-state index contributed by atoms with van der Waals surface area (Å²) in [6, 6.07) is 12.9. The summed E-state index contributed by atoms with van der Waals surface area (Å²) >= 11 is 0. The van der Waals surface area contributed by atoms with E-state index in [2.05, 4.69) is 5.32 Å². The van der Waals surface area contributed by atoms with Crippen LogP contribution in [0.15, 0.2) is 48.5 Å². The molecule has 134 valence electrons. The standard InChI is InChI=1S/C19H21F3N2O/c1-14-3-5-15(6-4-14)11-23-18(25)13-24(2)12-16-7-9-17(10-8-16)19(20,21)22/h3-10H,11-13H2,1-2H3,(H,23,25). The maximum Gasteiger partial charge on any atom is 0.416 e. The minimum Gasteiger partial charge on any atom is -0.351 e. The maximum atomic E-state index is 12.5. The average molecular weight is 350 g/mol. The predicted molar refractivity (Wildman–Crippen MR) is 90.8 cm³/mol. The Morgan fingerprint density at radius 2 is 1.56 bits per heavy atom. The number of nitrogens with zero attached hydrogens (tertiary/aromatic N) is 1. The van der Waals surface area contributed by atoms with Crippen LogP contribution in [0.5, 0.6) is 0 Å². The third-order valence-corrected chi connectivity index (χ3v) is 3.76. The van der Waals surface area contributed by atoms with E-state index in [0.717, 1.165) is 28.8 Å². The Morgan fingerprint density at radius 1 is 1.00 bits per heavy atom. The fourth-order valence-corrected chi connectivity index (χ4v) is 2.37. The highest BCUT2D eigenvalue weighted by Gasteiger charge is 2.29. The van der Waals surface area contributed by atoms with Crippen molar-refractivity contribution in [3.05, 3.63) is 70.8 Å². The third-order valence-electron chi connectivity index (χ3n) is 3.76. The lowest BCUT2D eigenvalue weighted by Crippen LogP contribution is -2.34. The second-order valence-electron chi connectivity index (χ2n) is 6.13. The molecule has 0 aliphatic carbocycles. The molecule has 0 saturated heterocycles. The van der Waals surface area contributed by atoms with E-state index in [-0.39, 0.29) is 12.5 Å². The van der Waals surface area contributed by atoms with Gasteiger partial charge in [-0.2, -0.15) is 13.2 Å². The topological polar surface area (TPSA) is 32.3 Å². The Morgan fingerprint density at radius 3 is 2.12 bits per heavy atom. The molecule has 2 rings (SSSR count). The molecule has 0 aliphatic heterocycles. The monoisotopic (exact) mass is 350 g/mol. The molecule has 0 spiro atoms. The van der Waals surface area contributed by atoms with E-state index in [4.69, 9.17) is 0 Å². The van der Waals surface area contributed by atoms with Crippen LogP contribution in [-0.4, -0.2) is 24.4 Å². The number of likely N-dealkylation sites (N-methyl/N-ethyl adjacent to an activating group) is 1. The molecule has 0 unspecified atom stereocenters. The highest BCUT2D eigenvalue weighted by atomic mass is 19.4. The van der Waals surface area contributed by atoms with E-state index < -0.39 is 11.7 Å². The predicted octanol–water partition coefficient (Wildman–Crippen LogP) is 3.76. The zero-order valence-corrected chi connectivity index (χ0v) is 14.2. The maximum absolute atomic E-state index is 12.5. The van der Waals surface area contributed by atoms with Crippen molar-refractivity contribution in [3.8, 4) is 0 Å². The first kappa shape index (κ1) is 19.0. The summed E-state index contributed by atoms with van der Waals surface area (Å²) in [7, 11) is 1.75. The van der Waals surface area contributed by atoms with Crippen LogP contribution in [-0.2, 0) is 24.1 Å². The zero-order valence-electron chi connectivity index (χ0n) is 14.2. The lowest BCUT2D eigenvalue weighted by Gasteiger charge is -2.17. The van der Waals surface area contributed by atoms with Crippen LogP contribution in [0.25, 0.3) is 0 Å². The smallest absolute Gasteiger partial charge is 0.351 e. The molecule has 3 nitrogen and oxygen atoms in total. The molecule has 1 amide bonds. The van der Waals surface area contributed by atoms with Crippen LogP contribution in [0.4, 0.5) is 13.2 Å². The van der Waals surface area contributed by atoms with Crippen LogP contribution < -0.4 is 5.32 Å². The summed E-state index contributed by atoms with van der Waals surface area (Å²) in [5.41, 5.74) is 2.23. The molecule has 0 saturated carbocycles. The second kappa shape index (κ2) is 8.16. The number of halogens is 3. The second-order valence-corrected chi connectivity index (χ2v) is 6.13. The third kappa shape index (κ3) is 6.23. The van der Waals surface area contributed by atoms with Gasteiger partial charge in [0.05, 0.1) is 12.1 Å². The van der Waals surface area contributed by atoms with Crippen molar-refractivity contribution < 1.29 is 18.0 Å². The zero-order chi connectivity index (χ0) is 18.4. The Balaban J connectivity index is 1.80. The number of alkyl halides is 3. The molecular formula is C19H21F3N2O. The van der Waals surface area contributed by atoms with Gasteiger partial charge in [0.1, 0.15) is 0 Å². The minimum atomic E-state index is -4.33. The quantitative estimate of drug-likeness (QED) is 0.860. The van der Waals surface area contributed by atoms with Gasteiger partial charge in [0.15, 0.2) is 0 Å². The van der Waals surface area contributed by atoms with Crippen LogP contribution in [0.2, 0.25) is 0 Å². The normalized spacial score (nSPS) is 11.6. The lowest BCUT2D eigenvalue weighted by atomic mass is 10.1. The van der Waals surface area contributed by atoms with Gasteiger partial charge in [-0.3, -0.25) is 9.69 Å². The Kier molecular flexibility index (Phi) is 6.20. The number of carbonyl (C=O) groups is 1. The molecule has 0 aromatic heterocycles. The van der Waals surface area contributed by atoms with Crippen LogP contribution in [0, 0.1) is 6.92 Å². The Labute approximate surface area is 145 Å². The molecule has 6 heteroatoms. The van der Waals surface area contributed by atoms with E-state index in [1.165, 1.54) is 12.1 Å². The van der Waals surface area contributed by atoms with Gasteiger partial charge in [-0.25, -0.2) is 0 Å². The summed E-state index contributed by atoms with van der Waals surface area (Å²) in [6.45, 7) is 3.02. The number of amides is 1. The molecule has 2 aromatic carbocycles. The molecule has 0 heterocycles. The number of aryl methyl sites for hydroxylation is 1. The highest BCUT2D eigenvalue weighted by molar-refractivity contribution is 5.77. The van der Waals surface area contributed by atoms with E-state index in [0.29, 0.717) is 13.1 Å². The van der Waals surface area contributed by atoms with Crippen molar-refractivity contribution >= 4 is 5.91 Å². The van der Waals surface area contributed by atoms with Crippen molar-refractivity contribution in [2.45, 2.75) is 26.2 Å². The number of nitrogens with one attached hydrogen (secondary N) is 1. The number of rotatable bonds is 6. The van der Waals surface area contributed by atoms with Gasteiger partial charge in [-0.1, -0.05) is 42.0 Å². The van der Waals surface area contributed by atoms with Crippen LogP contribution in [0.3, 0.4) is 0 Å². The van der Waals surface area contributed by atoms with Gasteiger partial charge in [0, 0.05) is 13.1 Å². The lowest BCUT2D eigenvalue weighted by molar-refractivity contribution is -0.137. The molecule has 0 radical (unpaired) electrons. The highest BCUT2D eigenvalue weighted by Crippen LogP contribution is 2.29. The van der Waals surface area contributed by atoms with Gasteiger partial charge in [-0.05, 0) is 37.2 Å². The van der Waals surface area contributed by atoms with Crippen LogP contribution >= 0.6 is 0 Å². The largest absolute Gasteiger partial charge is 0.416 e. The van der Waals surface area contributed by atoms with Crippen LogP contribution in [0.1, 0.15) is 22.3 Å². The number of carbonyl (C=O) groups excluding carboxylic acids is 1. The molecule has 0 aliphatic rings. The van der Waals surface area contributed by atoms with Gasteiger partial charge >= 0.3 is 6.18 Å². The van der Waals surface area contributed by atoms with E-state index in [1.54, 1.807) is 11.9 Å². The Hall–Kier alpha value is -2.34. The van der Waals surface area contributed by atoms with Gasteiger partial charge in [-0.15, -0.1) is 0 Å². The molecule has 0 fully saturated rings. The molecule has 1 N–H and O–H groups in total. The minimum absolute atomic E-state index is 0.130. The van der Waals surface area contributed by atoms with Gasteiger partial charge in [0.25, 0.3) is 0 Å². The summed E-state index contributed by atoms with van der Waals surface area (Å²) < 4.78 is 37.6. The summed E-state index contributed by atoms with van der Waals surface area (Å²) in [5.74, 6) is -0.130. The van der Waals surface area contributed by atoms with Crippen molar-refractivity contribution in [3.63, 3.8) is 0 Å². The number of benzene rings is 2. The van der Waals surface area contributed by atoms with Gasteiger partial charge in [0.2, 0.25) is 5.91 Å². The van der Waals surface area contributed by atoms with Gasteiger partial charge < -0.3 is 5.32 Å². The summed E-state index contributed by atoms with van der Waals surface area (Å²) in [6.07, 6.45) is -4.33. The van der Waals surface area contributed by atoms with Crippen molar-refractivity contribution in [1.29, 1.82) is 0 Å². The molecule has 25 heavy (non-hydrogen) atoms. The fourth-order valence-electron chi connectivity index (χ4n) is 2.37. The van der Waals surface area contributed by atoms with E-state index in [9.17, 15) is 18.0 Å². The molecule has 2 aromatic rings. The first-order valence-corrected chi connectivity index (χ1v) is 7.91. The molecule has 0 bridgehead atoms. The fraction of sp³-hybridized carbons (Fsp3) is 0.316. The average Bonchev–Trinajstić information content (AvgIpc) is 2.54. The molecule has 0 atom stereocenters. The van der Waals surface area contributed by atoms with E-state index in [1.807, 2.05) is 31.2 Å². The number of hydrogen-bond donors (Lipinski definition) is 1. The first-order chi connectivity index (χ1) is 11.7. The Bertz CT molecular complexity index is 694.